The maximum absolute atomic E-state index is 13.3. The molecule has 34 heavy (non-hydrogen) atoms. The average Bonchev–Trinajstić information content (AvgIpc) is 3.18. The Labute approximate surface area is 201 Å². The number of benzene rings is 3. The number of fused-ring (bicyclic) bond motifs is 1. The van der Waals surface area contributed by atoms with Crippen molar-refractivity contribution >= 4 is 56.0 Å². The van der Waals surface area contributed by atoms with E-state index in [1.807, 2.05) is 0 Å². The van der Waals surface area contributed by atoms with E-state index in [0.717, 1.165) is 33.9 Å². The number of carbonyl (C=O) groups excluding carboxylic acids is 1. The quantitative estimate of drug-likeness (QED) is 0.271. The Bertz CT molecular complexity index is 1470. The van der Waals surface area contributed by atoms with Gasteiger partial charge in [0.2, 0.25) is 5.91 Å². The van der Waals surface area contributed by atoms with Gasteiger partial charge in [-0.2, -0.15) is 21.6 Å². The monoisotopic (exact) mass is 526 g/mol. The molecule has 0 spiro atoms. The number of alkyl halides is 3. The highest BCUT2D eigenvalue weighted by atomic mass is 35.5. The molecule has 3 aromatic carbocycles. The van der Waals surface area contributed by atoms with E-state index >= 15 is 0 Å². The molecule has 4 rings (SSSR count). The molecule has 0 unspecified atom stereocenters. The van der Waals surface area contributed by atoms with Crippen LogP contribution in [0.4, 0.5) is 18.9 Å². The molecule has 12 heteroatoms. The Morgan fingerprint density at radius 3 is 2.41 bits per heavy atom. The minimum Gasteiger partial charge on any atom is -0.324 e. The zero-order valence-electron chi connectivity index (χ0n) is 17.1. The molecule has 0 fully saturated rings. The number of H-pyrrole nitrogens is 1. The summed E-state index contributed by atoms with van der Waals surface area (Å²) in [6.45, 7) is 0. The summed E-state index contributed by atoms with van der Waals surface area (Å²) in [4.78, 5) is 15.6. The van der Waals surface area contributed by atoms with Crippen LogP contribution < -0.4 is 9.29 Å². The van der Waals surface area contributed by atoms with E-state index in [-0.39, 0.29) is 26.5 Å². The maximum atomic E-state index is 13.3. The SMILES string of the molecule is O=C(CSc1[nH]c2ccccc2[n+]1S(=O)(=O)c1ccccc1)Nc1cc(C(F)(F)F)ccc1Cl. The predicted molar refractivity (Wildman–Crippen MR) is 123 cm³/mol. The van der Waals surface area contributed by atoms with Crippen LogP contribution in [0.2, 0.25) is 5.02 Å². The molecule has 0 radical (unpaired) electrons. The topological polar surface area (TPSA) is 82.9 Å². The van der Waals surface area contributed by atoms with E-state index in [0.29, 0.717) is 11.0 Å². The molecule has 0 aliphatic heterocycles. The van der Waals surface area contributed by atoms with E-state index in [4.69, 9.17) is 11.6 Å². The Hall–Kier alpha value is -3.02. The van der Waals surface area contributed by atoms with Gasteiger partial charge in [-0.1, -0.05) is 41.9 Å². The molecule has 176 valence electrons. The van der Waals surface area contributed by atoms with Crippen LogP contribution in [0.25, 0.3) is 11.0 Å². The molecule has 0 aliphatic carbocycles. The van der Waals surface area contributed by atoms with Crippen LogP contribution in [0.15, 0.2) is 82.8 Å². The van der Waals surface area contributed by atoms with Crippen molar-refractivity contribution < 1.29 is 30.4 Å². The Balaban J connectivity index is 1.62. The van der Waals surface area contributed by atoms with E-state index < -0.39 is 27.7 Å². The van der Waals surface area contributed by atoms with Crippen molar-refractivity contribution in [1.29, 1.82) is 0 Å². The van der Waals surface area contributed by atoms with Gasteiger partial charge in [-0.05, 0) is 54.2 Å². The number of imidazole rings is 1. The second kappa shape index (κ2) is 9.32. The van der Waals surface area contributed by atoms with Gasteiger partial charge in [-0.15, -0.1) is 3.97 Å². The van der Waals surface area contributed by atoms with Gasteiger partial charge in [0, 0.05) is 0 Å². The van der Waals surface area contributed by atoms with Crippen molar-refractivity contribution in [3.05, 3.63) is 83.4 Å². The third-order valence-electron chi connectivity index (χ3n) is 4.74. The molecule has 6 nitrogen and oxygen atoms in total. The summed E-state index contributed by atoms with van der Waals surface area (Å²) in [6.07, 6.45) is -4.60. The molecule has 0 atom stereocenters. The number of thioether (sulfide) groups is 1. The van der Waals surface area contributed by atoms with E-state index in [2.05, 4.69) is 10.3 Å². The molecule has 0 bridgehead atoms. The Morgan fingerprint density at radius 1 is 1.03 bits per heavy atom. The van der Waals surface area contributed by atoms with Crippen LogP contribution in [0, 0.1) is 0 Å². The fraction of sp³-hybridized carbons (Fsp3) is 0.0909. The van der Waals surface area contributed by atoms with Gasteiger partial charge in [0.1, 0.15) is 4.90 Å². The summed E-state index contributed by atoms with van der Waals surface area (Å²) in [7, 11) is -4.00. The molecule has 0 saturated heterocycles. The predicted octanol–water partition coefficient (Wildman–Crippen LogP) is 5.10. The van der Waals surface area contributed by atoms with Gasteiger partial charge < -0.3 is 5.32 Å². The first-order valence-electron chi connectivity index (χ1n) is 9.70. The molecular formula is C22H16ClF3N3O3S2+. The summed E-state index contributed by atoms with van der Waals surface area (Å²) < 4.78 is 66.7. The first-order valence-corrected chi connectivity index (χ1v) is 12.5. The number of carbonyl (C=O) groups is 1. The standard InChI is InChI=1S/C22H15ClF3N3O3S2/c23-16-11-10-14(22(24,25)26)12-18(16)27-20(30)13-33-21-28-17-8-4-5-9-19(17)29(21)34(31,32)15-6-2-1-3-7-15/h1-12H,13H2,(H,27,30)/p+1. The minimum absolute atomic E-state index is 0.0568. The number of hydrogen-bond acceptors (Lipinski definition) is 4. The number of anilines is 1. The lowest BCUT2D eigenvalue weighted by Crippen LogP contribution is -2.44. The number of hydrogen-bond donors (Lipinski definition) is 2. The summed E-state index contributed by atoms with van der Waals surface area (Å²) in [5.41, 5.74) is -0.230. The number of para-hydroxylation sites is 2. The van der Waals surface area contributed by atoms with Gasteiger partial charge in [-0.3, -0.25) is 4.79 Å². The lowest BCUT2D eigenvalue weighted by molar-refractivity contribution is -0.526. The Kier molecular flexibility index (Phi) is 6.61. The van der Waals surface area contributed by atoms with E-state index in [1.54, 1.807) is 42.5 Å². The average molecular weight is 527 g/mol. The summed E-state index contributed by atoms with van der Waals surface area (Å²) in [6, 6.07) is 17.1. The number of aromatic nitrogens is 2. The van der Waals surface area contributed by atoms with Crippen LogP contribution in [0.3, 0.4) is 0 Å². The zero-order chi connectivity index (χ0) is 24.5. The zero-order valence-corrected chi connectivity index (χ0v) is 19.5. The van der Waals surface area contributed by atoms with E-state index in [9.17, 15) is 26.4 Å². The third-order valence-corrected chi connectivity index (χ3v) is 7.88. The van der Waals surface area contributed by atoms with Crippen molar-refractivity contribution in [1.82, 2.24) is 4.98 Å². The Morgan fingerprint density at radius 2 is 1.71 bits per heavy atom. The van der Waals surface area contributed by atoms with Crippen molar-refractivity contribution in [2.45, 2.75) is 16.2 Å². The number of aromatic amines is 1. The van der Waals surface area contributed by atoms with Crippen LogP contribution in [0.1, 0.15) is 5.56 Å². The minimum atomic E-state index is -4.60. The summed E-state index contributed by atoms with van der Waals surface area (Å²) in [5.74, 6) is -0.947. The number of rotatable bonds is 6. The van der Waals surface area contributed by atoms with Crippen LogP contribution in [-0.4, -0.2) is 25.1 Å². The van der Waals surface area contributed by atoms with Crippen LogP contribution >= 0.6 is 23.4 Å². The number of amides is 1. The molecule has 1 aromatic heterocycles. The summed E-state index contributed by atoms with van der Waals surface area (Å²) in [5, 5.41) is 2.46. The van der Waals surface area contributed by atoms with Crippen molar-refractivity contribution in [3.8, 4) is 0 Å². The second-order valence-corrected chi connectivity index (χ2v) is 10.2. The molecule has 1 heterocycles. The molecule has 0 saturated carbocycles. The van der Waals surface area contributed by atoms with Gasteiger partial charge in [0.15, 0.2) is 11.0 Å². The highest BCUT2D eigenvalue weighted by Gasteiger charge is 2.33. The van der Waals surface area contributed by atoms with Crippen molar-refractivity contribution in [2.75, 3.05) is 11.1 Å². The van der Waals surface area contributed by atoms with Crippen LogP contribution in [-0.2, 0) is 21.0 Å². The lowest BCUT2D eigenvalue weighted by atomic mass is 10.2. The number of nitrogens with one attached hydrogen (secondary N) is 2. The number of nitrogens with zero attached hydrogens (tertiary/aromatic N) is 1. The van der Waals surface area contributed by atoms with Gasteiger partial charge in [0.05, 0.1) is 22.0 Å². The maximum Gasteiger partial charge on any atom is 0.416 e. The van der Waals surface area contributed by atoms with Crippen LogP contribution in [0.5, 0.6) is 0 Å². The molecule has 1 amide bonds. The van der Waals surface area contributed by atoms with E-state index in [1.165, 1.54) is 12.1 Å². The number of halogens is 4. The third kappa shape index (κ3) is 4.91. The van der Waals surface area contributed by atoms with Crippen molar-refractivity contribution in [2.24, 2.45) is 0 Å². The highest BCUT2D eigenvalue weighted by Crippen LogP contribution is 2.34. The first kappa shape index (κ1) is 24.1. The van der Waals surface area contributed by atoms with Gasteiger partial charge >= 0.3 is 21.4 Å². The van der Waals surface area contributed by atoms with Gasteiger partial charge in [0.25, 0.3) is 0 Å². The normalized spacial score (nSPS) is 12.1. The highest BCUT2D eigenvalue weighted by molar-refractivity contribution is 8.00. The first-order chi connectivity index (χ1) is 16.1. The summed E-state index contributed by atoms with van der Waals surface area (Å²) >= 11 is 6.82. The smallest absolute Gasteiger partial charge is 0.324 e. The fourth-order valence-corrected chi connectivity index (χ4v) is 5.93. The molecule has 2 N–H and O–H groups in total. The van der Waals surface area contributed by atoms with Gasteiger partial charge in [-0.25, -0.2) is 4.98 Å². The lowest BCUT2D eigenvalue weighted by Gasteiger charge is -2.11. The molecular weight excluding hydrogens is 511 g/mol. The fourth-order valence-electron chi connectivity index (χ4n) is 3.18. The molecule has 0 aliphatic rings. The largest absolute Gasteiger partial charge is 0.416 e. The molecule has 4 aromatic rings. The second-order valence-electron chi connectivity index (χ2n) is 7.06. The van der Waals surface area contributed by atoms with Crippen molar-refractivity contribution in [3.63, 3.8) is 0 Å².